The fourth-order valence-corrected chi connectivity index (χ4v) is 6.87. The van der Waals surface area contributed by atoms with E-state index < -0.39 is 0 Å². The maximum atomic E-state index is 6.01. The molecule has 0 amide bonds. The van der Waals surface area contributed by atoms with Gasteiger partial charge in [-0.1, -0.05) is 0 Å². The fourth-order valence-electron chi connectivity index (χ4n) is 5.74. The first-order valence-corrected chi connectivity index (χ1v) is 8.58. The first-order chi connectivity index (χ1) is 9.20. The van der Waals surface area contributed by atoms with Crippen molar-refractivity contribution in [3.63, 3.8) is 0 Å². The highest BCUT2D eigenvalue weighted by molar-refractivity contribution is 7.10. The van der Waals surface area contributed by atoms with Crippen molar-refractivity contribution in [3.8, 4) is 0 Å². The first kappa shape index (κ1) is 12.4. The monoisotopic (exact) mass is 276 g/mol. The van der Waals surface area contributed by atoms with E-state index in [0.717, 1.165) is 17.8 Å². The Labute approximate surface area is 119 Å². The van der Waals surface area contributed by atoms with Crippen LogP contribution in [0.25, 0.3) is 0 Å². The summed E-state index contributed by atoms with van der Waals surface area (Å²) in [5.41, 5.74) is 5.09. The van der Waals surface area contributed by atoms with Crippen molar-refractivity contribution in [2.75, 3.05) is 0 Å². The van der Waals surface area contributed by atoms with Crippen molar-refractivity contribution in [3.05, 3.63) is 21.9 Å². The quantitative estimate of drug-likeness (QED) is 0.651. The van der Waals surface area contributed by atoms with Crippen LogP contribution in [-0.4, -0.2) is 0 Å². The Morgan fingerprint density at radius 2 is 1.79 bits per heavy atom. The largest absolute Gasteiger partial charge is 0.271 e. The molecule has 0 aliphatic heterocycles. The molecule has 4 saturated carbocycles. The van der Waals surface area contributed by atoms with Gasteiger partial charge in [-0.25, -0.2) is 0 Å². The van der Waals surface area contributed by atoms with E-state index in [4.69, 9.17) is 5.84 Å². The Bertz CT molecular complexity index is 444. The third-order valence-corrected chi connectivity index (χ3v) is 7.11. The van der Waals surface area contributed by atoms with Crippen LogP contribution < -0.4 is 11.3 Å². The molecule has 19 heavy (non-hydrogen) atoms. The van der Waals surface area contributed by atoms with Gasteiger partial charge in [0.05, 0.1) is 6.04 Å². The Kier molecular flexibility index (Phi) is 2.80. The second-order valence-corrected chi connectivity index (χ2v) is 8.30. The third kappa shape index (κ3) is 1.82. The van der Waals surface area contributed by atoms with Gasteiger partial charge in [0, 0.05) is 4.88 Å². The third-order valence-electron chi connectivity index (χ3n) is 6.03. The maximum absolute atomic E-state index is 6.01. The van der Waals surface area contributed by atoms with Gasteiger partial charge in [-0.15, -0.1) is 11.3 Å². The van der Waals surface area contributed by atoms with Crippen LogP contribution in [0.3, 0.4) is 0 Å². The van der Waals surface area contributed by atoms with Crippen molar-refractivity contribution >= 4 is 11.3 Å². The van der Waals surface area contributed by atoms with Crippen molar-refractivity contribution in [2.24, 2.45) is 29.0 Å². The zero-order valence-electron chi connectivity index (χ0n) is 11.7. The van der Waals surface area contributed by atoms with E-state index in [0.29, 0.717) is 11.5 Å². The summed E-state index contributed by atoms with van der Waals surface area (Å²) in [6.45, 7) is 2.23. The summed E-state index contributed by atoms with van der Waals surface area (Å²) in [7, 11) is 0. The molecule has 0 saturated heterocycles. The van der Waals surface area contributed by atoms with Crippen molar-refractivity contribution in [2.45, 2.75) is 51.5 Å². The van der Waals surface area contributed by atoms with Gasteiger partial charge in [0.2, 0.25) is 0 Å². The number of nitrogens with two attached hydrogens (primary N) is 1. The summed E-state index contributed by atoms with van der Waals surface area (Å²) < 4.78 is 0. The SMILES string of the molecule is Cc1ccsc1C(NN)C12CC3CC(CC(C3)C1)C2. The molecule has 1 unspecified atom stereocenters. The Hall–Kier alpha value is -0.380. The molecular formula is C16H24N2S. The molecule has 1 aromatic heterocycles. The molecule has 3 heteroatoms. The van der Waals surface area contributed by atoms with Crippen molar-refractivity contribution in [1.82, 2.24) is 5.43 Å². The lowest BCUT2D eigenvalue weighted by Gasteiger charge is -2.59. The van der Waals surface area contributed by atoms with E-state index in [9.17, 15) is 0 Å². The fraction of sp³-hybridized carbons (Fsp3) is 0.750. The number of rotatable bonds is 3. The highest BCUT2D eigenvalue weighted by atomic mass is 32.1. The zero-order chi connectivity index (χ0) is 13.0. The molecule has 4 fully saturated rings. The van der Waals surface area contributed by atoms with Gasteiger partial charge in [0.1, 0.15) is 0 Å². The van der Waals surface area contributed by atoms with Crippen LogP contribution in [0.1, 0.15) is 55.0 Å². The Morgan fingerprint density at radius 3 is 2.21 bits per heavy atom. The van der Waals surface area contributed by atoms with Crippen LogP contribution >= 0.6 is 11.3 Å². The van der Waals surface area contributed by atoms with E-state index in [2.05, 4.69) is 23.8 Å². The molecule has 104 valence electrons. The molecule has 0 spiro atoms. The second kappa shape index (κ2) is 4.31. The van der Waals surface area contributed by atoms with Gasteiger partial charge in [0.15, 0.2) is 0 Å². The summed E-state index contributed by atoms with van der Waals surface area (Å²) in [5, 5.41) is 2.22. The van der Waals surface area contributed by atoms with Gasteiger partial charge < -0.3 is 0 Å². The average molecular weight is 276 g/mol. The maximum Gasteiger partial charge on any atom is 0.0612 e. The minimum Gasteiger partial charge on any atom is -0.271 e. The van der Waals surface area contributed by atoms with Crippen molar-refractivity contribution < 1.29 is 0 Å². The number of hydrogen-bond acceptors (Lipinski definition) is 3. The molecule has 3 N–H and O–H groups in total. The number of hydrogen-bond donors (Lipinski definition) is 2. The molecule has 1 atom stereocenters. The van der Waals surface area contributed by atoms with E-state index >= 15 is 0 Å². The van der Waals surface area contributed by atoms with E-state index in [1.54, 1.807) is 0 Å². The van der Waals surface area contributed by atoms with Gasteiger partial charge in [-0.05, 0) is 85.6 Å². The van der Waals surface area contributed by atoms with Crippen LogP contribution in [0.2, 0.25) is 0 Å². The normalized spacial score (nSPS) is 41.7. The van der Waals surface area contributed by atoms with Gasteiger partial charge >= 0.3 is 0 Å². The van der Waals surface area contributed by atoms with E-state index in [-0.39, 0.29) is 0 Å². The topological polar surface area (TPSA) is 38.0 Å². The lowest BCUT2D eigenvalue weighted by atomic mass is 9.47. The van der Waals surface area contributed by atoms with E-state index in [1.807, 2.05) is 11.3 Å². The van der Waals surface area contributed by atoms with Gasteiger partial charge in [-0.3, -0.25) is 11.3 Å². The average Bonchev–Trinajstić information content (AvgIpc) is 2.74. The molecule has 0 aromatic carbocycles. The van der Waals surface area contributed by atoms with Crippen LogP contribution in [0, 0.1) is 30.1 Å². The van der Waals surface area contributed by atoms with Crippen LogP contribution in [-0.2, 0) is 0 Å². The highest BCUT2D eigenvalue weighted by Crippen LogP contribution is 2.64. The highest BCUT2D eigenvalue weighted by Gasteiger charge is 2.54. The van der Waals surface area contributed by atoms with Gasteiger partial charge in [-0.2, -0.15) is 0 Å². The molecule has 1 aromatic rings. The molecule has 1 heterocycles. The van der Waals surface area contributed by atoms with Gasteiger partial charge in [0.25, 0.3) is 0 Å². The molecule has 4 aliphatic rings. The lowest BCUT2D eigenvalue weighted by Crippen LogP contribution is -2.53. The minimum atomic E-state index is 0.390. The standard InChI is InChI=1S/C16H24N2S/c1-10-2-3-19-14(10)15(18-17)16-7-11-4-12(8-16)6-13(5-11)9-16/h2-3,11-13,15,18H,4-9,17H2,1H3. The lowest BCUT2D eigenvalue weighted by molar-refractivity contribution is -0.0743. The number of aryl methyl sites for hydroxylation is 1. The Balaban J connectivity index is 1.72. The summed E-state index contributed by atoms with van der Waals surface area (Å²) in [5.74, 6) is 8.98. The number of nitrogens with one attached hydrogen (secondary N) is 1. The predicted molar refractivity (Wildman–Crippen MR) is 79.7 cm³/mol. The van der Waals surface area contributed by atoms with Crippen LogP contribution in [0.5, 0.6) is 0 Å². The number of thiophene rings is 1. The summed E-state index contributed by atoms with van der Waals surface area (Å²) in [6, 6.07) is 2.63. The smallest absolute Gasteiger partial charge is 0.0612 e. The molecule has 4 bridgehead atoms. The van der Waals surface area contributed by atoms with Crippen LogP contribution in [0.4, 0.5) is 0 Å². The summed E-state index contributed by atoms with van der Waals surface area (Å²) in [6.07, 6.45) is 8.72. The molecule has 2 nitrogen and oxygen atoms in total. The predicted octanol–water partition coefficient (Wildman–Crippen LogP) is 3.78. The molecule has 5 rings (SSSR count). The minimum absolute atomic E-state index is 0.390. The Morgan fingerprint density at radius 1 is 1.21 bits per heavy atom. The first-order valence-electron chi connectivity index (χ1n) is 7.70. The van der Waals surface area contributed by atoms with Crippen molar-refractivity contribution in [1.29, 1.82) is 0 Å². The molecule has 0 radical (unpaired) electrons. The van der Waals surface area contributed by atoms with Crippen LogP contribution in [0.15, 0.2) is 11.4 Å². The zero-order valence-corrected chi connectivity index (χ0v) is 12.5. The summed E-state index contributed by atoms with van der Waals surface area (Å²) >= 11 is 1.89. The second-order valence-electron chi connectivity index (χ2n) is 7.35. The van der Waals surface area contributed by atoms with E-state index in [1.165, 1.54) is 49.0 Å². The number of hydrazine groups is 1. The summed E-state index contributed by atoms with van der Waals surface area (Å²) in [4.78, 5) is 1.49. The molecular weight excluding hydrogens is 252 g/mol. The molecule has 4 aliphatic carbocycles.